The lowest BCUT2D eigenvalue weighted by Crippen LogP contribution is -2.92. The van der Waals surface area contributed by atoms with Gasteiger partial charge >= 0.3 is 0 Å². The fraction of sp³-hybridized carbons (Fsp3) is 0.429. The molecule has 5 atom stereocenters. The summed E-state index contributed by atoms with van der Waals surface area (Å²) in [5, 5.41) is 13.5. The summed E-state index contributed by atoms with van der Waals surface area (Å²) in [6.07, 6.45) is 1.93. The summed E-state index contributed by atoms with van der Waals surface area (Å²) in [6.45, 7) is 4.41. The molecular weight excluding hydrogens is 282 g/mol. The van der Waals surface area contributed by atoms with Crippen molar-refractivity contribution in [3.8, 4) is 0 Å². The van der Waals surface area contributed by atoms with E-state index in [0.29, 0.717) is 18.0 Å². The van der Waals surface area contributed by atoms with Gasteiger partial charge in [-0.2, -0.15) is 0 Å². The van der Waals surface area contributed by atoms with Gasteiger partial charge in [-0.3, -0.25) is 0 Å². The first-order chi connectivity index (χ1) is 11.2. The molecule has 0 amide bonds. The third-order valence-electron chi connectivity index (χ3n) is 5.41. The Labute approximate surface area is 139 Å². The summed E-state index contributed by atoms with van der Waals surface area (Å²) in [7, 11) is 0. The van der Waals surface area contributed by atoms with Gasteiger partial charge in [-0.25, -0.2) is 0 Å². The molecule has 3 rings (SSSR count). The van der Waals surface area contributed by atoms with Crippen LogP contribution in [-0.4, -0.2) is 11.2 Å². The van der Waals surface area contributed by atoms with E-state index in [4.69, 9.17) is 0 Å². The molecule has 1 aliphatic heterocycles. The Morgan fingerprint density at radius 3 is 1.91 bits per heavy atom. The van der Waals surface area contributed by atoms with Gasteiger partial charge in [0.15, 0.2) is 0 Å². The van der Waals surface area contributed by atoms with Crippen LogP contribution in [0.1, 0.15) is 49.9 Å². The minimum Gasteiger partial charge on any atom is -0.392 e. The molecule has 0 saturated carbocycles. The monoisotopic (exact) mass is 310 g/mol. The Hall–Kier alpha value is -1.64. The smallest absolute Gasteiger partial charge is 0.117 e. The van der Waals surface area contributed by atoms with Crippen LogP contribution in [0.3, 0.4) is 0 Å². The maximum Gasteiger partial charge on any atom is 0.117 e. The molecule has 2 heteroatoms. The maximum atomic E-state index is 11.0. The van der Waals surface area contributed by atoms with Crippen molar-refractivity contribution in [3.63, 3.8) is 0 Å². The molecule has 0 aliphatic carbocycles. The van der Waals surface area contributed by atoms with Crippen molar-refractivity contribution >= 4 is 0 Å². The second kappa shape index (κ2) is 7.29. The first-order valence-electron chi connectivity index (χ1n) is 8.85. The summed E-state index contributed by atoms with van der Waals surface area (Å²) < 4.78 is 0. The molecule has 2 nitrogen and oxygen atoms in total. The molecule has 1 aliphatic rings. The highest BCUT2D eigenvalue weighted by Gasteiger charge is 2.45. The SMILES string of the molecule is CCC[C@H]1[C@H](O)[C@@H](C)[C@@H](c2ccccc2)[NH2+][C@@H]1c1ccccc1. The minimum atomic E-state index is -0.254. The first kappa shape index (κ1) is 16.2. The molecule has 23 heavy (non-hydrogen) atoms. The van der Waals surface area contributed by atoms with Gasteiger partial charge in [0.2, 0.25) is 0 Å². The normalized spacial score (nSPS) is 31.0. The number of benzene rings is 2. The van der Waals surface area contributed by atoms with Crippen LogP contribution in [0.2, 0.25) is 0 Å². The van der Waals surface area contributed by atoms with Crippen molar-refractivity contribution in [2.24, 2.45) is 11.8 Å². The Morgan fingerprint density at radius 1 is 0.870 bits per heavy atom. The zero-order chi connectivity index (χ0) is 16.2. The molecule has 0 bridgehead atoms. The standard InChI is InChI=1S/C21H27NO/c1-3-10-18-20(17-13-8-5-9-14-17)22-19(15(2)21(18)23)16-11-6-4-7-12-16/h4-9,11-15,18-23H,3,10H2,1-2H3/p+1/t15-,18+,19-,20+,21+/m0/s1. The highest BCUT2D eigenvalue weighted by atomic mass is 16.3. The molecule has 0 aromatic heterocycles. The molecular formula is C21H28NO+. The van der Waals surface area contributed by atoms with Crippen molar-refractivity contribution in [2.45, 2.75) is 44.9 Å². The third-order valence-corrected chi connectivity index (χ3v) is 5.41. The van der Waals surface area contributed by atoms with Crippen LogP contribution in [0.15, 0.2) is 60.7 Å². The molecule has 2 aromatic rings. The van der Waals surface area contributed by atoms with E-state index in [2.05, 4.69) is 79.8 Å². The van der Waals surface area contributed by atoms with Crippen LogP contribution < -0.4 is 5.32 Å². The van der Waals surface area contributed by atoms with E-state index in [0.717, 1.165) is 12.8 Å². The Balaban J connectivity index is 1.94. The highest BCUT2D eigenvalue weighted by Crippen LogP contribution is 2.37. The van der Waals surface area contributed by atoms with Crippen molar-refractivity contribution in [1.82, 2.24) is 0 Å². The molecule has 0 radical (unpaired) electrons. The number of nitrogens with two attached hydrogens (primary N) is 1. The van der Waals surface area contributed by atoms with Crippen LogP contribution in [0.25, 0.3) is 0 Å². The average molecular weight is 310 g/mol. The quantitative estimate of drug-likeness (QED) is 0.891. The predicted octanol–water partition coefficient (Wildman–Crippen LogP) is 3.46. The molecule has 122 valence electrons. The van der Waals surface area contributed by atoms with Crippen LogP contribution >= 0.6 is 0 Å². The zero-order valence-electron chi connectivity index (χ0n) is 14.1. The highest BCUT2D eigenvalue weighted by molar-refractivity contribution is 5.22. The van der Waals surface area contributed by atoms with E-state index in [-0.39, 0.29) is 12.0 Å². The van der Waals surface area contributed by atoms with E-state index in [9.17, 15) is 5.11 Å². The maximum absolute atomic E-state index is 11.0. The van der Waals surface area contributed by atoms with E-state index in [1.807, 2.05) is 0 Å². The van der Waals surface area contributed by atoms with E-state index in [1.54, 1.807) is 0 Å². The topological polar surface area (TPSA) is 36.8 Å². The Morgan fingerprint density at radius 2 is 1.39 bits per heavy atom. The summed E-state index contributed by atoms with van der Waals surface area (Å²) in [6, 6.07) is 21.9. The van der Waals surface area contributed by atoms with E-state index >= 15 is 0 Å². The number of aliphatic hydroxyl groups is 1. The largest absolute Gasteiger partial charge is 0.392 e. The molecule has 0 spiro atoms. The second-order valence-electron chi connectivity index (χ2n) is 6.87. The van der Waals surface area contributed by atoms with Gasteiger partial charge in [0.25, 0.3) is 0 Å². The van der Waals surface area contributed by atoms with E-state index in [1.165, 1.54) is 11.1 Å². The summed E-state index contributed by atoms with van der Waals surface area (Å²) in [5.41, 5.74) is 2.65. The minimum absolute atomic E-state index is 0.254. The number of quaternary nitrogens is 1. The lowest BCUT2D eigenvalue weighted by Gasteiger charge is -2.42. The van der Waals surface area contributed by atoms with Crippen molar-refractivity contribution < 1.29 is 10.4 Å². The summed E-state index contributed by atoms with van der Waals surface area (Å²) in [4.78, 5) is 0. The fourth-order valence-corrected chi connectivity index (χ4v) is 4.16. The summed E-state index contributed by atoms with van der Waals surface area (Å²) in [5.74, 6) is 0.575. The Kier molecular flexibility index (Phi) is 5.14. The van der Waals surface area contributed by atoms with Crippen LogP contribution in [0, 0.1) is 11.8 Å². The number of hydrogen-bond acceptors (Lipinski definition) is 1. The van der Waals surface area contributed by atoms with E-state index < -0.39 is 0 Å². The van der Waals surface area contributed by atoms with Gasteiger partial charge < -0.3 is 10.4 Å². The van der Waals surface area contributed by atoms with Gasteiger partial charge in [0.1, 0.15) is 12.1 Å². The molecule has 3 N–H and O–H groups in total. The molecule has 1 saturated heterocycles. The summed E-state index contributed by atoms with van der Waals surface area (Å²) >= 11 is 0. The van der Waals surface area contributed by atoms with Crippen molar-refractivity contribution in [3.05, 3.63) is 71.8 Å². The van der Waals surface area contributed by atoms with Crippen LogP contribution in [-0.2, 0) is 0 Å². The van der Waals surface area contributed by atoms with Crippen molar-refractivity contribution in [2.75, 3.05) is 0 Å². The van der Waals surface area contributed by atoms with Crippen LogP contribution in [0.5, 0.6) is 0 Å². The van der Waals surface area contributed by atoms with Gasteiger partial charge in [0.05, 0.1) is 6.10 Å². The van der Waals surface area contributed by atoms with Gasteiger partial charge in [-0.15, -0.1) is 0 Å². The molecule has 1 fully saturated rings. The number of rotatable bonds is 4. The van der Waals surface area contributed by atoms with Gasteiger partial charge in [-0.05, 0) is 6.42 Å². The second-order valence-corrected chi connectivity index (χ2v) is 6.87. The lowest BCUT2D eigenvalue weighted by atomic mass is 9.72. The predicted molar refractivity (Wildman–Crippen MR) is 93.9 cm³/mol. The van der Waals surface area contributed by atoms with Gasteiger partial charge in [-0.1, -0.05) is 80.9 Å². The zero-order valence-corrected chi connectivity index (χ0v) is 14.1. The van der Waals surface area contributed by atoms with Gasteiger partial charge in [0, 0.05) is 23.0 Å². The Bertz CT molecular complexity index is 598. The number of hydrogen-bond donors (Lipinski definition) is 2. The average Bonchev–Trinajstić information content (AvgIpc) is 2.61. The molecule has 1 heterocycles. The van der Waals surface area contributed by atoms with Crippen LogP contribution in [0.4, 0.5) is 0 Å². The third kappa shape index (κ3) is 3.34. The lowest BCUT2D eigenvalue weighted by molar-refractivity contribution is -0.760. The number of piperidine rings is 1. The molecule has 2 aromatic carbocycles. The number of aliphatic hydroxyl groups excluding tert-OH is 1. The van der Waals surface area contributed by atoms with Crippen molar-refractivity contribution in [1.29, 1.82) is 0 Å². The fourth-order valence-electron chi connectivity index (χ4n) is 4.16. The first-order valence-corrected chi connectivity index (χ1v) is 8.85. The molecule has 0 unspecified atom stereocenters.